The molecular weight excluding hydrogens is 220 g/mol. The second-order valence-corrected chi connectivity index (χ2v) is 4.71. The molecule has 0 radical (unpaired) electrons. The Morgan fingerprint density at radius 2 is 2.29 bits per heavy atom. The zero-order chi connectivity index (χ0) is 12.6. The number of nitrogens with zero attached hydrogens (tertiary/aromatic N) is 2. The zero-order valence-electron chi connectivity index (χ0n) is 10.0. The molecule has 0 saturated heterocycles. The van der Waals surface area contributed by atoms with E-state index in [1.54, 1.807) is 0 Å². The minimum Gasteiger partial charge on any atom is -0.480 e. The molecule has 1 aromatic rings. The Morgan fingerprint density at radius 3 is 2.88 bits per heavy atom. The van der Waals surface area contributed by atoms with Crippen molar-refractivity contribution in [3.63, 3.8) is 0 Å². The highest BCUT2D eigenvalue weighted by Gasteiger charge is 2.27. The first kappa shape index (κ1) is 11.8. The summed E-state index contributed by atoms with van der Waals surface area (Å²) in [7, 11) is 0. The van der Waals surface area contributed by atoms with Crippen molar-refractivity contribution in [2.24, 2.45) is 0 Å². The van der Waals surface area contributed by atoms with Crippen LogP contribution in [-0.2, 0) is 11.2 Å². The van der Waals surface area contributed by atoms with Crippen molar-refractivity contribution in [3.05, 3.63) is 27.9 Å². The van der Waals surface area contributed by atoms with E-state index in [1.807, 2.05) is 13.8 Å². The molecule has 0 spiro atoms. The predicted octanol–water partition coefficient (Wildman–Crippen LogP) is 1.33. The van der Waals surface area contributed by atoms with Gasteiger partial charge in [0.25, 0.3) is 5.56 Å². The lowest BCUT2D eigenvalue weighted by Crippen LogP contribution is -2.36. The maximum atomic E-state index is 12.0. The summed E-state index contributed by atoms with van der Waals surface area (Å²) in [5, 5.41) is 9.10. The number of fused-ring (bicyclic) bond motifs is 1. The van der Waals surface area contributed by atoms with Gasteiger partial charge in [-0.3, -0.25) is 9.36 Å². The number of carboxylic acids is 1. The molecule has 1 atom stereocenters. The highest BCUT2D eigenvalue weighted by molar-refractivity contribution is 5.72. The number of aliphatic carboxylic acids is 1. The molecule has 1 unspecified atom stereocenters. The predicted molar refractivity (Wildman–Crippen MR) is 62.2 cm³/mol. The van der Waals surface area contributed by atoms with Crippen LogP contribution >= 0.6 is 0 Å². The van der Waals surface area contributed by atoms with E-state index in [-0.39, 0.29) is 11.5 Å². The molecule has 0 amide bonds. The molecule has 5 heteroatoms. The summed E-state index contributed by atoms with van der Waals surface area (Å²) >= 11 is 0. The molecular formula is C12H16N2O3. The van der Waals surface area contributed by atoms with Crippen LogP contribution in [0.2, 0.25) is 0 Å². The molecule has 1 aliphatic heterocycles. The first-order valence-corrected chi connectivity index (χ1v) is 5.86. The number of rotatable bonds is 2. The van der Waals surface area contributed by atoms with Crippen LogP contribution in [0.5, 0.6) is 0 Å². The van der Waals surface area contributed by atoms with E-state index in [9.17, 15) is 9.59 Å². The van der Waals surface area contributed by atoms with Crippen LogP contribution in [0, 0.1) is 0 Å². The minimum absolute atomic E-state index is 0.179. The summed E-state index contributed by atoms with van der Waals surface area (Å²) in [5.41, 5.74) is 0.498. The highest BCUT2D eigenvalue weighted by atomic mass is 16.4. The van der Waals surface area contributed by atoms with E-state index < -0.39 is 12.0 Å². The lowest BCUT2D eigenvalue weighted by atomic mass is 10.0. The molecule has 5 nitrogen and oxygen atoms in total. The van der Waals surface area contributed by atoms with Gasteiger partial charge in [-0.15, -0.1) is 0 Å². The van der Waals surface area contributed by atoms with Gasteiger partial charge in [0.1, 0.15) is 11.9 Å². The largest absolute Gasteiger partial charge is 0.480 e. The van der Waals surface area contributed by atoms with Gasteiger partial charge >= 0.3 is 5.97 Å². The van der Waals surface area contributed by atoms with Crippen molar-refractivity contribution >= 4 is 5.97 Å². The van der Waals surface area contributed by atoms with Crippen LogP contribution in [0.4, 0.5) is 0 Å². The van der Waals surface area contributed by atoms with Crippen LogP contribution in [0.3, 0.4) is 0 Å². The Hall–Kier alpha value is -1.65. The third-order valence-corrected chi connectivity index (χ3v) is 3.11. The molecule has 2 rings (SSSR count). The number of hydrogen-bond acceptors (Lipinski definition) is 3. The normalized spacial score (nSPS) is 19.1. The fraction of sp³-hybridized carbons (Fsp3) is 0.583. The van der Waals surface area contributed by atoms with Crippen molar-refractivity contribution in [2.45, 2.75) is 45.1 Å². The number of carbonyl (C=O) groups is 1. The summed E-state index contributed by atoms with van der Waals surface area (Å²) in [6.07, 6.45) is 1.95. The average Bonchev–Trinajstić information content (AvgIpc) is 2.27. The van der Waals surface area contributed by atoms with Crippen LogP contribution < -0.4 is 5.56 Å². The summed E-state index contributed by atoms with van der Waals surface area (Å²) in [4.78, 5) is 27.5. The molecule has 0 aliphatic carbocycles. The zero-order valence-corrected chi connectivity index (χ0v) is 10.0. The van der Waals surface area contributed by atoms with Gasteiger partial charge in [-0.05, 0) is 18.8 Å². The van der Waals surface area contributed by atoms with E-state index in [2.05, 4.69) is 4.98 Å². The Kier molecular flexibility index (Phi) is 3.00. The van der Waals surface area contributed by atoms with Crippen LogP contribution in [0.25, 0.3) is 0 Å². The average molecular weight is 236 g/mol. The fourth-order valence-corrected chi connectivity index (χ4v) is 2.18. The van der Waals surface area contributed by atoms with Gasteiger partial charge in [-0.1, -0.05) is 13.8 Å². The van der Waals surface area contributed by atoms with Gasteiger partial charge in [0, 0.05) is 12.5 Å². The summed E-state index contributed by atoms with van der Waals surface area (Å²) in [6.45, 7) is 3.94. The van der Waals surface area contributed by atoms with Crippen molar-refractivity contribution in [3.8, 4) is 0 Å². The summed E-state index contributed by atoms with van der Waals surface area (Å²) < 4.78 is 1.33. The number of carboxylic acid groups (broad SMARTS) is 1. The number of aromatic nitrogens is 2. The second-order valence-electron chi connectivity index (χ2n) is 4.71. The van der Waals surface area contributed by atoms with Gasteiger partial charge in [-0.2, -0.15) is 0 Å². The van der Waals surface area contributed by atoms with E-state index in [1.165, 1.54) is 10.6 Å². The monoisotopic (exact) mass is 236 g/mol. The fourth-order valence-electron chi connectivity index (χ4n) is 2.18. The topological polar surface area (TPSA) is 72.2 Å². The molecule has 1 aliphatic rings. The summed E-state index contributed by atoms with van der Waals surface area (Å²) in [5.74, 6) is -0.161. The Morgan fingerprint density at radius 1 is 1.59 bits per heavy atom. The Labute approximate surface area is 99.1 Å². The van der Waals surface area contributed by atoms with Crippen LogP contribution in [0.1, 0.15) is 50.2 Å². The van der Waals surface area contributed by atoms with E-state index >= 15 is 0 Å². The summed E-state index contributed by atoms with van der Waals surface area (Å²) in [6, 6.07) is 0.704. The van der Waals surface area contributed by atoms with E-state index in [0.29, 0.717) is 18.7 Å². The smallest absolute Gasteiger partial charge is 0.326 e. The number of aryl methyl sites for hydroxylation is 1. The second kappa shape index (κ2) is 4.31. The maximum absolute atomic E-state index is 12.0. The van der Waals surface area contributed by atoms with Crippen molar-refractivity contribution in [1.82, 2.24) is 9.55 Å². The van der Waals surface area contributed by atoms with E-state index in [0.717, 1.165) is 12.1 Å². The Bertz CT molecular complexity index is 505. The number of hydrogen-bond donors (Lipinski definition) is 1. The molecule has 2 heterocycles. The van der Waals surface area contributed by atoms with Crippen molar-refractivity contribution < 1.29 is 9.90 Å². The molecule has 0 fully saturated rings. The molecule has 1 aromatic heterocycles. The van der Waals surface area contributed by atoms with Gasteiger partial charge in [0.05, 0.1) is 5.69 Å². The van der Waals surface area contributed by atoms with Gasteiger partial charge < -0.3 is 5.11 Å². The maximum Gasteiger partial charge on any atom is 0.326 e. The SMILES string of the molecule is CC(C)c1cc(=O)n2c(n1)CCCC2C(=O)O. The van der Waals surface area contributed by atoms with Gasteiger partial charge in [0.2, 0.25) is 0 Å². The quantitative estimate of drug-likeness (QED) is 0.840. The van der Waals surface area contributed by atoms with Gasteiger partial charge in [0.15, 0.2) is 0 Å². The molecule has 0 saturated carbocycles. The van der Waals surface area contributed by atoms with Crippen LogP contribution in [-0.4, -0.2) is 20.6 Å². The highest BCUT2D eigenvalue weighted by Crippen LogP contribution is 2.23. The molecule has 17 heavy (non-hydrogen) atoms. The van der Waals surface area contributed by atoms with Crippen LogP contribution in [0.15, 0.2) is 10.9 Å². The van der Waals surface area contributed by atoms with Gasteiger partial charge in [-0.25, -0.2) is 9.78 Å². The third kappa shape index (κ3) is 2.09. The standard InChI is InChI=1S/C12H16N2O3/c1-7(2)8-6-11(15)14-9(12(16)17)4-3-5-10(14)13-8/h6-7,9H,3-5H2,1-2H3,(H,16,17). The first-order valence-electron chi connectivity index (χ1n) is 5.86. The lowest BCUT2D eigenvalue weighted by molar-refractivity contribution is -0.141. The first-order chi connectivity index (χ1) is 8.00. The molecule has 1 N–H and O–H groups in total. The van der Waals surface area contributed by atoms with Crippen molar-refractivity contribution in [1.29, 1.82) is 0 Å². The lowest BCUT2D eigenvalue weighted by Gasteiger charge is -2.24. The van der Waals surface area contributed by atoms with Crippen molar-refractivity contribution in [2.75, 3.05) is 0 Å². The minimum atomic E-state index is -0.952. The van der Waals surface area contributed by atoms with E-state index in [4.69, 9.17) is 5.11 Å². The Balaban J connectivity index is 2.57. The third-order valence-electron chi connectivity index (χ3n) is 3.11. The molecule has 92 valence electrons. The molecule has 0 bridgehead atoms. The molecule has 0 aromatic carbocycles.